The zero-order valence-electron chi connectivity index (χ0n) is 20.9. The van der Waals surface area contributed by atoms with E-state index in [1.807, 2.05) is 12.1 Å². The lowest BCUT2D eigenvalue weighted by Gasteiger charge is -2.34. The standard InChI is InChI=1S/C26H31FN2O6S/c1-26(2,3)19-7-5-6-16(9-19)12-28-21-14-36-13-18(24(21)35-25(28)30)8-17-10-20(27)23(29(31)32)22(11-17)34-15-33-4/h5-7,9-11,18,21,24H,8,12-15H2,1-4H3/t18-,21+,24+/m1/s1. The summed E-state index contributed by atoms with van der Waals surface area (Å²) in [4.78, 5) is 25.2. The quantitative estimate of drug-likeness (QED) is 0.266. The molecule has 0 unspecified atom stereocenters. The number of carbonyl (C=O) groups is 1. The van der Waals surface area contributed by atoms with Gasteiger partial charge in [-0.25, -0.2) is 4.79 Å². The fourth-order valence-corrected chi connectivity index (χ4v) is 6.11. The van der Waals surface area contributed by atoms with Crippen molar-refractivity contribution in [1.29, 1.82) is 0 Å². The molecule has 0 saturated carbocycles. The highest BCUT2D eigenvalue weighted by molar-refractivity contribution is 7.99. The number of fused-ring (bicyclic) bond motifs is 1. The molecule has 2 aliphatic heterocycles. The number of hydrogen-bond acceptors (Lipinski definition) is 7. The van der Waals surface area contributed by atoms with Gasteiger partial charge in [0.05, 0.1) is 11.0 Å². The first-order chi connectivity index (χ1) is 17.1. The summed E-state index contributed by atoms with van der Waals surface area (Å²) in [7, 11) is 1.38. The van der Waals surface area contributed by atoms with Crippen LogP contribution in [0.2, 0.25) is 0 Å². The van der Waals surface area contributed by atoms with Gasteiger partial charge < -0.3 is 14.2 Å². The van der Waals surface area contributed by atoms with Gasteiger partial charge in [0, 0.05) is 31.1 Å². The van der Waals surface area contributed by atoms with Crippen LogP contribution in [0.15, 0.2) is 36.4 Å². The van der Waals surface area contributed by atoms with E-state index >= 15 is 0 Å². The summed E-state index contributed by atoms with van der Waals surface area (Å²) in [5, 5.41) is 11.3. The van der Waals surface area contributed by atoms with Gasteiger partial charge >= 0.3 is 11.8 Å². The van der Waals surface area contributed by atoms with Crippen LogP contribution in [0.1, 0.15) is 37.5 Å². The van der Waals surface area contributed by atoms with Gasteiger partial charge in [-0.2, -0.15) is 16.2 Å². The third-order valence-corrected chi connectivity index (χ3v) is 7.82. The number of carbonyl (C=O) groups excluding carboxylic acids is 1. The van der Waals surface area contributed by atoms with Crippen molar-refractivity contribution in [2.75, 3.05) is 25.4 Å². The molecule has 0 radical (unpaired) electrons. The minimum atomic E-state index is -0.965. The lowest BCUT2D eigenvalue weighted by molar-refractivity contribution is -0.388. The molecule has 3 atom stereocenters. The number of thioether (sulfide) groups is 1. The Morgan fingerprint density at radius 2 is 2.00 bits per heavy atom. The molecule has 2 heterocycles. The summed E-state index contributed by atoms with van der Waals surface area (Å²) in [6.45, 7) is 6.68. The molecule has 2 aromatic carbocycles. The third kappa shape index (κ3) is 5.59. The van der Waals surface area contributed by atoms with Crippen molar-refractivity contribution < 1.29 is 28.3 Å². The van der Waals surface area contributed by atoms with Crippen LogP contribution in [0.5, 0.6) is 5.75 Å². The molecule has 0 aliphatic carbocycles. The number of nitro benzene ring substituents is 1. The first-order valence-electron chi connectivity index (χ1n) is 11.8. The monoisotopic (exact) mass is 518 g/mol. The van der Waals surface area contributed by atoms with Crippen LogP contribution in [0, 0.1) is 21.8 Å². The lowest BCUT2D eigenvalue weighted by Crippen LogP contribution is -2.45. The predicted octanol–water partition coefficient (Wildman–Crippen LogP) is 5.31. The number of halogens is 1. The Kier molecular flexibility index (Phi) is 7.75. The molecule has 2 fully saturated rings. The maximum atomic E-state index is 14.6. The fourth-order valence-electron chi connectivity index (χ4n) is 4.75. The normalized spacial score (nSPS) is 21.8. The van der Waals surface area contributed by atoms with E-state index in [1.54, 1.807) is 16.7 Å². The van der Waals surface area contributed by atoms with Gasteiger partial charge in [-0.3, -0.25) is 15.0 Å². The molecule has 2 saturated heterocycles. The minimum Gasteiger partial charge on any atom is -0.460 e. The van der Waals surface area contributed by atoms with Gasteiger partial charge in [-0.1, -0.05) is 45.0 Å². The molecule has 1 amide bonds. The van der Waals surface area contributed by atoms with E-state index in [0.717, 1.165) is 17.1 Å². The van der Waals surface area contributed by atoms with Crippen molar-refractivity contribution in [1.82, 2.24) is 4.90 Å². The van der Waals surface area contributed by atoms with Gasteiger partial charge in [0.2, 0.25) is 11.6 Å². The van der Waals surface area contributed by atoms with Crippen LogP contribution in [-0.4, -0.2) is 53.5 Å². The van der Waals surface area contributed by atoms with Crippen LogP contribution < -0.4 is 4.74 Å². The summed E-state index contributed by atoms with van der Waals surface area (Å²) in [5.74, 6) is 0.268. The lowest BCUT2D eigenvalue weighted by atomic mass is 9.86. The third-order valence-electron chi connectivity index (χ3n) is 6.58. The van der Waals surface area contributed by atoms with E-state index in [4.69, 9.17) is 14.2 Å². The Balaban J connectivity index is 1.53. The van der Waals surface area contributed by atoms with Crippen LogP contribution in [-0.2, 0) is 27.9 Å². The number of methoxy groups -OCH3 is 1. The SMILES string of the molecule is COCOc1cc(C[C@@H]2CSC[C@H]3[C@H]2OC(=O)N3Cc2cccc(C(C)(C)C)c2)cc(F)c1[N+](=O)[O-]. The van der Waals surface area contributed by atoms with Crippen LogP contribution in [0.3, 0.4) is 0 Å². The number of nitro groups is 1. The summed E-state index contributed by atoms with van der Waals surface area (Å²) in [6, 6.07) is 10.8. The molecule has 36 heavy (non-hydrogen) atoms. The average molecular weight is 519 g/mol. The van der Waals surface area contributed by atoms with E-state index in [0.29, 0.717) is 18.5 Å². The first-order valence-corrected chi connectivity index (χ1v) is 13.0. The highest BCUT2D eigenvalue weighted by Gasteiger charge is 2.47. The molecule has 0 spiro atoms. The molecule has 0 bridgehead atoms. The van der Waals surface area contributed by atoms with E-state index in [-0.39, 0.29) is 42.1 Å². The number of hydrogen-bond donors (Lipinski definition) is 0. The molecule has 2 aliphatic rings. The topological polar surface area (TPSA) is 91.1 Å². The van der Waals surface area contributed by atoms with Crippen LogP contribution in [0.4, 0.5) is 14.9 Å². The molecule has 10 heteroatoms. The number of benzene rings is 2. The zero-order valence-corrected chi connectivity index (χ0v) is 21.7. The second-order valence-corrected chi connectivity index (χ2v) is 11.3. The van der Waals surface area contributed by atoms with Crippen molar-refractivity contribution in [3.05, 3.63) is 69.0 Å². The minimum absolute atomic E-state index is 0.00169. The van der Waals surface area contributed by atoms with Gasteiger partial charge in [0.25, 0.3) is 0 Å². The molecule has 194 valence electrons. The van der Waals surface area contributed by atoms with Crippen molar-refractivity contribution in [2.45, 2.75) is 51.3 Å². The average Bonchev–Trinajstić information content (AvgIpc) is 3.13. The Labute approximate surface area is 214 Å². The molecule has 8 nitrogen and oxygen atoms in total. The molecular formula is C26H31FN2O6S. The van der Waals surface area contributed by atoms with E-state index in [2.05, 4.69) is 32.9 Å². The maximum Gasteiger partial charge on any atom is 0.410 e. The molecule has 0 N–H and O–H groups in total. The number of rotatable bonds is 8. The summed E-state index contributed by atoms with van der Waals surface area (Å²) >= 11 is 1.73. The molecule has 0 aromatic heterocycles. The number of amides is 1. The highest BCUT2D eigenvalue weighted by atomic mass is 32.2. The van der Waals surface area contributed by atoms with Crippen molar-refractivity contribution >= 4 is 23.5 Å². The van der Waals surface area contributed by atoms with Crippen molar-refractivity contribution in [3.8, 4) is 5.75 Å². The fraction of sp³-hybridized carbons (Fsp3) is 0.500. The smallest absolute Gasteiger partial charge is 0.410 e. The predicted molar refractivity (Wildman–Crippen MR) is 135 cm³/mol. The highest BCUT2D eigenvalue weighted by Crippen LogP contribution is 2.39. The Hall–Kier alpha value is -2.85. The van der Waals surface area contributed by atoms with E-state index in [1.165, 1.54) is 24.8 Å². The van der Waals surface area contributed by atoms with Gasteiger partial charge in [0.1, 0.15) is 6.10 Å². The molecule has 4 rings (SSSR count). The summed E-state index contributed by atoms with van der Waals surface area (Å²) < 4.78 is 30.6. The van der Waals surface area contributed by atoms with E-state index in [9.17, 15) is 19.3 Å². The van der Waals surface area contributed by atoms with Gasteiger partial charge in [-0.15, -0.1) is 0 Å². The summed E-state index contributed by atoms with van der Waals surface area (Å²) in [5.41, 5.74) is 2.07. The molecular weight excluding hydrogens is 487 g/mol. The van der Waals surface area contributed by atoms with Gasteiger partial charge in [-0.05, 0) is 40.7 Å². The van der Waals surface area contributed by atoms with E-state index < -0.39 is 16.4 Å². The Morgan fingerprint density at radius 3 is 2.69 bits per heavy atom. The largest absolute Gasteiger partial charge is 0.460 e. The Morgan fingerprint density at radius 1 is 1.22 bits per heavy atom. The summed E-state index contributed by atoms with van der Waals surface area (Å²) in [6.07, 6.45) is -0.295. The number of ether oxygens (including phenoxy) is 3. The van der Waals surface area contributed by atoms with Gasteiger partial charge in [0.15, 0.2) is 6.79 Å². The zero-order chi connectivity index (χ0) is 26.0. The van der Waals surface area contributed by atoms with Crippen molar-refractivity contribution in [3.63, 3.8) is 0 Å². The van der Waals surface area contributed by atoms with Crippen LogP contribution in [0.25, 0.3) is 0 Å². The maximum absolute atomic E-state index is 14.6. The van der Waals surface area contributed by atoms with Crippen molar-refractivity contribution in [2.24, 2.45) is 5.92 Å². The second-order valence-electron chi connectivity index (χ2n) is 10.2. The van der Waals surface area contributed by atoms with Crippen LogP contribution >= 0.6 is 11.8 Å². The second kappa shape index (κ2) is 10.6. The number of nitrogens with zero attached hydrogens (tertiary/aromatic N) is 2. The molecule has 2 aromatic rings. The Bertz CT molecular complexity index is 1140. The first kappa shape index (κ1) is 26.2.